The van der Waals surface area contributed by atoms with Crippen LogP contribution in [0.4, 0.5) is 18.9 Å². The molecule has 1 amide bonds. The fourth-order valence-electron chi connectivity index (χ4n) is 1.85. The minimum Gasteiger partial charge on any atom is -0.484 e. The minimum atomic E-state index is -4.65. The standard InChI is InChI=1S/C15H12ClF3N2O4S/c16-12-6-1-9(15(17,18)19)7-13(12)21-26(23,24)11-4-2-10(3-5-11)25-8-14(20)22/h1-7,21H,8H2,(H2,20,22). The number of primary amides is 1. The summed E-state index contributed by atoms with van der Waals surface area (Å²) in [5, 5.41) is -0.192. The van der Waals surface area contributed by atoms with E-state index in [-0.39, 0.29) is 22.3 Å². The lowest BCUT2D eigenvalue weighted by molar-refractivity contribution is -0.137. The highest BCUT2D eigenvalue weighted by molar-refractivity contribution is 7.92. The van der Waals surface area contributed by atoms with Crippen molar-refractivity contribution in [2.24, 2.45) is 5.73 Å². The molecule has 6 nitrogen and oxygen atoms in total. The summed E-state index contributed by atoms with van der Waals surface area (Å²) in [6.07, 6.45) is -4.65. The van der Waals surface area contributed by atoms with Gasteiger partial charge >= 0.3 is 6.18 Å². The number of nitrogens with one attached hydrogen (secondary N) is 1. The molecule has 0 aliphatic carbocycles. The Balaban J connectivity index is 2.25. The number of alkyl halides is 3. The van der Waals surface area contributed by atoms with Crippen LogP contribution in [0.5, 0.6) is 5.75 Å². The Morgan fingerprint density at radius 1 is 1.15 bits per heavy atom. The molecule has 0 aliphatic heterocycles. The Hall–Kier alpha value is -2.46. The lowest BCUT2D eigenvalue weighted by atomic mass is 10.2. The maximum absolute atomic E-state index is 12.8. The zero-order valence-corrected chi connectivity index (χ0v) is 14.5. The second-order valence-electron chi connectivity index (χ2n) is 5.02. The average molecular weight is 409 g/mol. The van der Waals surface area contributed by atoms with Gasteiger partial charge in [0.05, 0.1) is 21.2 Å². The van der Waals surface area contributed by atoms with Gasteiger partial charge in [-0.25, -0.2) is 8.42 Å². The number of halogens is 4. The van der Waals surface area contributed by atoms with Gasteiger partial charge in [-0.1, -0.05) is 11.6 Å². The molecule has 0 unspecified atom stereocenters. The number of hydrogen-bond acceptors (Lipinski definition) is 4. The first-order valence-electron chi connectivity index (χ1n) is 6.90. The molecule has 2 rings (SSSR count). The van der Waals surface area contributed by atoms with Gasteiger partial charge in [0.25, 0.3) is 15.9 Å². The zero-order valence-electron chi connectivity index (χ0n) is 12.9. The van der Waals surface area contributed by atoms with Gasteiger partial charge in [-0.3, -0.25) is 9.52 Å². The van der Waals surface area contributed by atoms with Crippen molar-refractivity contribution in [2.45, 2.75) is 11.1 Å². The van der Waals surface area contributed by atoms with Crippen molar-refractivity contribution in [1.29, 1.82) is 0 Å². The molecule has 0 saturated carbocycles. The van der Waals surface area contributed by atoms with Crippen LogP contribution >= 0.6 is 11.6 Å². The van der Waals surface area contributed by atoms with E-state index in [4.69, 9.17) is 22.1 Å². The first-order chi connectivity index (χ1) is 12.0. The summed E-state index contributed by atoms with van der Waals surface area (Å²) in [5.41, 5.74) is 3.47. The van der Waals surface area contributed by atoms with Crippen LogP contribution in [-0.4, -0.2) is 20.9 Å². The molecule has 0 fully saturated rings. The fourth-order valence-corrected chi connectivity index (χ4v) is 3.14. The number of rotatable bonds is 6. The SMILES string of the molecule is NC(=O)COc1ccc(S(=O)(=O)Nc2cc(C(F)(F)F)ccc2Cl)cc1. The molecule has 0 atom stereocenters. The van der Waals surface area contributed by atoms with Crippen LogP contribution in [0.15, 0.2) is 47.4 Å². The molecule has 2 aromatic rings. The predicted molar refractivity (Wildman–Crippen MR) is 88.4 cm³/mol. The second-order valence-corrected chi connectivity index (χ2v) is 7.11. The maximum atomic E-state index is 12.8. The van der Waals surface area contributed by atoms with Crippen LogP contribution in [0.25, 0.3) is 0 Å². The van der Waals surface area contributed by atoms with Crippen molar-refractivity contribution < 1.29 is 31.1 Å². The van der Waals surface area contributed by atoms with E-state index in [0.29, 0.717) is 6.07 Å². The number of nitrogens with two attached hydrogens (primary N) is 1. The highest BCUT2D eigenvalue weighted by Gasteiger charge is 2.31. The van der Waals surface area contributed by atoms with E-state index in [9.17, 15) is 26.4 Å². The number of amides is 1. The largest absolute Gasteiger partial charge is 0.484 e. The van der Waals surface area contributed by atoms with E-state index in [1.165, 1.54) is 12.1 Å². The smallest absolute Gasteiger partial charge is 0.416 e. The molecule has 140 valence electrons. The van der Waals surface area contributed by atoms with Gasteiger partial charge in [0, 0.05) is 0 Å². The lowest BCUT2D eigenvalue weighted by Gasteiger charge is -2.13. The topological polar surface area (TPSA) is 98.5 Å². The van der Waals surface area contributed by atoms with E-state index in [1.807, 2.05) is 4.72 Å². The molecule has 26 heavy (non-hydrogen) atoms. The molecule has 0 bridgehead atoms. The molecule has 2 aromatic carbocycles. The number of sulfonamides is 1. The van der Waals surface area contributed by atoms with E-state index < -0.39 is 33.4 Å². The molecule has 0 aromatic heterocycles. The number of anilines is 1. The molecular formula is C15H12ClF3N2O4S. The summed E-state index contributed by atoms with van der Waals surface area (Å²) in [7, 11) is -4.20. The first kappa shape index (κ1) is 19.9. The summed E-state index contributed by atoms with van der Waals surface area (Å²) < 4.78 is 69.9. The quantitative estimate of drug-likeness (QED) is 0.767. The molecule has 3 N–H and O–H groups in total. The third-order valence-corrected chi connectivity index (χ3v) is 4.76. The highest BCUT2D eigenvalue weighted by Crippen LogP contribution is 2.34. The van der Waals surface area contributed by atoms with E-state index >= 15 is 0 Å². The van der Waals surface area contributed by atoms with Crippen LogP contribution < -0.4 is 15.2 Å². The van der Waals surface area contributed by atoms with Crippen molar-refractivity contribution >= 4 is 33.2 Å². The monoisotopic (exact) mass is 408 g/mol. The van der Waals surface area contributed by atoms with E-state index in [1.54, 1.807) is 0 Å². The molecule has 0 spiro atoms. The van der Waals surface area contributed by atoms with Crippen LogP contribution in [0.2, 0.25) is 5.02 Å². The summed E-state index contributed by atoms with van der Waals surface area (Å²) in [5.74, 6) is -0.512. The number of hydrogen-bond donors (Lipinski definition) is 2. The third kappa shape index (κ3) is 5.02. The van der Waals surface area contributed by atoms with Crippen molar-refractivity contribution in [3.8, 4) is 5.75 Å². The van der Waals surface area contributed by atoms with Gasteiger partial charge in [-0.2, -0.15) is 13.2 Å². The maximum Gasteiger partial charge on any atom is 0.416 e. The molecular weight excluding hydrogens is 397 g/mol. The fraction of sp³-hybridized carbons (Fsp3) is 0.133. The first-order valence-corrected chi connectivity index (χ1v) is 8.76. The van der Waals surface area contributed by atoms with Crippen molar-refractivity contribution in [3.63, 3.8) is 0 Å². The third-order valence-electron chi connectivity index (χ3n) is 3.05. The lowest BCUT2D eigenvalue weighted by Crippen LogP contribution is -2.20. The number of carbonyl (C=O) groups is 1. The van der Waals surface area contributed by atoms with Crippen molar-refractivity contribution in [3.05, 3.63) is 53.1 Å². The van der Waals surface area contributed by atoms with Gasteiger partial charge in [0.15, 0.2) is 6.61 Å². The Morgan fingerprint density at radius 3 is 2.31 bits per heavy atom. The summed E-state index contributed by atoms with van der Waals surface area (Å²) >= 11 is 5.78. The Kier molecular flexibility index (Phi) is 5.67. The van der Waals surface area contributed by atoms with Crippen LogP contribution in [0.1, 0.15) is 5.56 Å². The predicted octanol–water partition coefficient (Wildman–Crippen LogP) is 3.02. The normalized spacial score (nSPS) is 11.8. The molecule has 11 heteroatoms. The summed E-state index contributed by atoms with van der Waals surface area (Å²) in [6.45, 7) is -0.385. The van der Waals surface area contributed by atoms with E-state index in [0.717, 1.165) is 24.3 Å². The molecule has 0 saturated heterocycles. The molecule has 0 heterocycles. The number of ether oxygens (including phenoxy) is 1. The zero-order chi connectivity index (χ0) is 19.5. The highest BCUT2D eigenvalue weighted by atomic mass is 35.5. The Labute approximate surface area is 151 Å². The Bertz CT molecular complexity index is 915. The molecule has 0 radical (unpaired) electrons. The average Bonchev–Trinajstić information content (AvgIpc) is 2.54. The van der Waals surface area contributed by atoms with Crippen LogP contribution in [-0.2, 0) is 21.0 Å². The number of benzene rings is 2. The molecule has 0 aliphatic rings. The van der Waals surface area contributed by atoms with Crippen molar-refractivity contribution in [2.75, 3.05) is 11.3 Å². The minimum absolute atomic E-state index is 0.192. The Morgan fingerprint density at radius 2 is 1.77 bits per heavy atom. The van der Waals surface area contributed by atoms with Gasteiger partial charge < -0.3 is 10.5 Å². The van der Waals surface area contributed by atoms with Crippen LogP contribution in [0, 0.1) is 0 Å². The van der Waals surface area contributed by atoms with Gasteiger partial charge in [0.2, 0.25) is 0 Å². The summed E-state index contributed by atoms with van der Waals surface area (Å²) in [4.78, 5) is 10.4. The summed E-state index contributed by atoms with van der Waals surface area (Å²) in [6, 6.07) is 7.13. The van der Waals surface area contributed by atoms with E-state index in [2.05, 4.69) is 0 Å². The van der Waals surface area contributed by atoms with Crippen molar-refractivity contribution in [1.82, 2.24) is 0 Å². The van der Waals surface area contributed by atoms with Gasteiger partial charge in [0.1, 0.15) is 5.75 Å². The van der Waals surface area contributed by atoms with Gasteiger partial charge in [-0.15, -0.1) is 0 Å². The second kappa shape index (κ2) is 7.42. The number of carbonyl (C=O) groups excluding carboxylic acids is 1. The van der Waals surface area contributed by atoms with Crippen LogP contribution in [0.3, 0.4) is 0 Å². The van der Waals surface area contributed by atoms with Gasteiger partial charge in [-0.05, 0) is 42.5 Å².